The average molecular weight is 222 g/mol. The lowest BCUT2D eigenvalue weighted by atomic mass is 10.1. The molecule has 0 aliphatic heterocycles. The molecule has 0 unspecified atom stereocenters. The van der Waals surface area contributed by atoms with E-state index >= 15 is 0 Å². The Labute approximate surface area is 96.0 Å². The van der Waals surface area contributed by atoms with Crippen molar-refractivity contribution >= 4 is 6.03 Å². The number of ether oxygens (including phenoxy) is 1. The molecule has 16 heavy (non-hydrogen) atoms. The summed E-state index contributed by atoms with van der Waals surface area (Å²) in [5, 5.41) is 5.04. The van der Waals surface area contributed by atoms with Crippen molar-refractivity contribution in [3.63, 3.8) is 0 Å². The van der Waals surface area contributed by atoms with Crippen LogP contribution >= 0.6 is 0 Å². The maximum Gasteiger partial charge on any atom is 0.317 e. The van der Waals surface area contributed by atoms with Gasteiger partial charge in [0.25, 0.3) is 0 Å². The molecule has 0 aliphatic rings. The van der Waals surface area contributed by atoms with Crippen LogP contribution in [-0.4, -0.2) is 19.8 Å². The Bertz CT molecular complexity index is 389. The van der Waals surface area contributed by atoms with Gasteiger partial charge >= 0.3 is 6.03 Å². The third kappa shape index (κ3) is 2.89. The molecule has 88 valence electrons. The van der Waals surface area contributed by atoms with Crippen molar-refractivity contribution in [1.29, 1.82) is 0 Å². The van der Waals surface area contributed by atoms with Crippen molar-refractivity contribution in [2.45, 2.75) is 20.8 Å². The van der Waals surface area contributed by atoms with E-state index in [9.17, 15) is 4.79 Å². The number of aryl methyl sites for hydroxylation is 2. The van der Waals surface area contributed by atoms with Crippen LogP contribution in [0.2, 0.25) is 0 Å². The number of hydrogen-bond donors (Lipinski definition) is 2. The fourth-order valence-electron chi connectivity index (χ4n) is 1.41. The normalized spacial score (nSPS) is 9.75. The molecule has 0 saturated heterocycles. The zero-order valence-electron chi connectivity index (χ0n) is 10.2. The van der Waals surface area contributed by atoms with Crippen molar-refractivity contribution in [1.82, 2.24) is 10.6 Å². The molecule has 2 amide bonds. The van der Waals surface area contributed by atoms with Crippen LogP contribution in [0.5, 0.6) is 5.75 Å². The molecule has 1 aromatic carbocycles. The predicted octanol–water partition coefficient (Wildman–Crippen LogP) is 1.88. The molecular formula is C12H18N2O2. The zero-order valence-corrected chi connectivity index (χ0v) is 10.2. The maximum absolute atomic E-state index is 10.9. The molecule has 0 heterocycles. The number of carbonyl (C=O) groups is 1. The lowest BCUT2D eigenvalue weighted by molar-refractivity contribution is 0.225. The van der Waals surface area contributed by atoms with Gasteiger partial charge in [-0.2, -0.15) is 0 Å². The summed E-state index contributed by atoms with van der Waals surface area (Å²) in [6.45, 7) is 6.21. The van der Waals surface area contributed by atoms with Crippen LogP contribution in [0.4, 0.5) is 4.79 Å². The van der Waals surface area contributed by atoms with E-state index in [1.54, 1.807) is 7.05 Å². The smallest absolute Gasteiger partial charge is 0.317 e. The van der Waals surface area contributed by atoms with Crippen LogP contribution in [0.15, 0.2) is 12.1 Å². The van der Waals surface area contributed by atoms with Gasteiger partial charge in [0.2, 0.25) is 0 Å². The summed E-state index contributed by atoms with van der Waals surface area (Å²) in [4.78, 5) is 10.9. The maximum atomic E-state index is 10.9. The second kappa shape index (κ2) is 5.39. The van der Waals surface area contributed by atoms with E-state index in [1.807, 2.05) is 26.8 Å². The Kier molecular flexibility index (Phi) is 4.17. The van der Waals surface area contributed by atoms with E-state index in [-0.39, 0.29) is 12.8 Å². The largest absolute Gasteiger partial charge is 0.473 e. The van der Waals surface area contributed by atoms with E-state index in [0.29, 0.717) is 0 Å². The Hall–Kier alpha value is -1.71. The summed E-state index contributed by atoms with van der Waals surface area (Å²) in [6.07, 6.45) is 0. The van der Waals surface area contributed by atoms with Crippen LogP contribution in [0.1, 0.15) is 16.7 Å². The summed E-state index contributed by atoms with van der Waals surface area (Å²) < 4.78 is 5.55. The van der Waals surface area contributed by atoms with Crippen LogP contribution < -0.4 is 15.4 Å². The highest BCUT2D eigenvalue weighted by Gasteiger charge is 2.06. The van der Waals surface area contributed by atoms with Crippen molar-refractivity contribution in [3.05, 3.63) is 28.8 Å². The number of hydrogen-bond acceptors (Lipinski definition) is 2. The monoisotopic (exact) mass is 222 g/mol. The molecule has 0 spiro atoms. The fraction of sp³-hybridized carbons (Fsp3) is 0.417. The molecule has 0 radical (unpaired) electrons. The molecule has 4 nitrogen and oxygen atoms in total. The summed E-state index contributed by atoms with van der Waals surface area (Å²) >= 11 is 0. The lowest BCUT2D eigenvalue weighted by Crippen LogP contribution is -2.35. The van der Waals surface area contributed by atoms with E-state index in [4.69, 9.17) is 4.74 Å². The number of urea groups is 1. The SMILES string of the molecule is CNC(=O)NCOc1c(C)ccc(C)c1C. The van der Waals surface area contributed by atoms with Gasteiger partial charge in [-0.3, -0.25) is 0 Å². The van der Waals surface area contributed by atoms with E-state index in [0.717, 1.165) is 16.9 Å². The number of carbonyl (C=O) groups excluding carboxylic acids is 1. The summed E-state index contributed by atoms with van der Waals surface area (Å²) in [5.74, 6) is 0.844. The first-order chi connectivity index (χ1) is 7.56. The second-order valence-electron chi connectivity index (χ2n) is 3.70. The van der Waals surface area contributed by atoms with Crippen LogP contribution in [-0.2, 0) is 0 Å². The van der Waals surface area contributed by atoms with Gasteiger partial charge in [-0.05, 0) is 37.5 Å². The van der Waals surface area contributed by atoms with Gasteiger partial charge in [0.05, 0.1) is 0 Å². The van der Waals surface area contributed by atoms with Crippen molar-refractivity contribution in [2.24, 2.45) is 0 Å². The van der Waals surface area contributed by atoms with Gasteiger partial charge in [0.1, 0.15) is 5.75 Å². The number of nitrogens with one attached hydrogen (secondary N) is 2. The molecular weight excluding hydrogens is 204 g/mol. The molecule has 4 heteroatoms. The first-order valence-corrected chi connectivity index (χ1v) is 5.21. The topological polar surface area (TPSA) is 50.4 Å². The van der Waals surface area contributed by atoms with Gasteiger partial charge in [0, 0.05) is 7.05 Å². The summed E-state index contributed by atoms with van der Waals surface area (Å²) in [5.41, 5.74) is 3.36. The van der Waals surface area contributed by atoms with Gasteiger partial charge in [0.15, 0.2) is 6.73 Å². The minimum absolute atomic E-state index is 0.171. The van der Waals surface area contributed by atoms with E-state index < -0.39 is 0 Å². The molecule has 0 aromatic heterocycles. The highest BCUT2D eigenvalue weighted by atomic mass is 16.5. The second-order valence-corrected chi connectivity index (χ2v) is 3.70. The Morgan fingerprint density at radius 2 is 1.88 bits per heavy atom. The third-order valence-electron chi connectivity index (χ3n) is 2.55. The van der Waals surface area contributed by atoms with Crippen LogP contribution in [0, 0.1) is 20.8 Å². The quantitative estimate of drug-likeness (QED) is 0.767. The van der Waals surface area contributed by atoms with Gasteiger partial charge in [-0.1, -0.05) is 12.1 Å². The van der Waals surface area contributed by atoms with Gasteiger partial charge < -0.3 is 15.4 Å². The summed E-state index contributed by atoms with van der Waals surface area (Å²) in [6, 6.07) is 3.82. The highest BCUT2D eigenvalue weighted by Crippen LogP contribution is 2.25. The van der Waals surface area contributed by atoms with Crippen molar-refractivity contribution in [3.8, 4) is 5.75 Å². The highest BCUT2D eigenvalue weighted by molar-refractivity contribution is 5.73. The molecule has 0 aliphatic carbocycles. The van der Waals surface area contributed by atoms with E-state index in [1.165, 1.54) is 5.56 Å². The molecule has 1 rings (SSSR count). The third-order valence-corrected chi connectivity index (χ3v) is 2.55. The molecule has 0 atom stereocenters. The lowest BCUT2D eigenvalue weighted by Gasteiger charge is -2.14. The van der Waals surface area contributed by atoms with Crippen molar-refractivity contribution in [2.75, 3.05) is 13.8 Å². The molecule has 0 fully saturated rings. The molecule has 0 saturated carbocycles. The number of rotatable bonds is 3. The number of benzene rings is 1. The standard InChI is InChI=1S/C12H18N2O2/c1-8-5-6-9(2)11(10(8)3)16-7-14-12(15)13-4/h5-6H,7H2,1-4H3,(H2,13,14,15). The minimum atomic E-state index is -0.247. The van der Waals surface area contributed by atoms with Gasteiger partial charge in [-0.25, -0.2) is 4.79 Å². The fourth-order valence-corrected chi connectivity index (χ4v) is 1.41. The van der Waals surface area contributed by atoms with Crippen LogP contribution in [0.3, 0.4) is 0 Å². The predicted molar refractivity (Wildman–Crippen MR) is 63.7 cm³/mol. The Morgan fingerprint density at radius 3 is 2.50 bits per heavy atom. The zero-order chi connectivity index (χ0) is 12.1. The van der Waals surface area contributed by atoms with Crippen LogP contribution in [0.25, 0.3) is 0 Å². The number of amides is 2. The Morgan fingerprint density at radius 1 is 1.25 bits per heavy atom. The molecule has 1 aromatic rings. The first-order valence-electron chi connectivity index (χ1n) is 5.21. The first kappa shape index (κ1) is 12.4. The Balaban J connectivity index is 2.67. The van der Waals surface area contributed by atoms with E-state index in [2.05, 4.69) is 16.7 Å². The molecule has 0 bridgehead atoms. The van der Waals surface area contributed by atoms with Crippen molar-refractivity contribution < 1.29 is 9.53 Å². The summed E-state index contributed by atoms with van der Waals surface area (Å²) in [7, 11) is 1.57. The minimum Gasteiger partial charge on any atom is -0.473 e. The average Bonchev–Trinajstić information content (AvgIpc) is 2.28. The van der Waals surface area contributed by atoms with Gasteiger partial charge in [-0.15, -0.1) is 0 Å². The molecule has 2 N–H and O–H groups in total.